The van der Waals surface area contributed by atoms with Gasteiger partial charge in [-0.1, -0.05) is 31.7 Å². The first-order chi connectivity index (χ1) is 13.5. The highest BCUT2D eigenvalue weighted by Crippen LogP contribution is 2.26. The quantitative estimate of drug-likeness (QED) is 0.574. The summed E-state index contributed by atoms with van der Waals surface area (Å²) in [5, 5.41) is 12.2. The zero-order chi connectivity index (χ0) is 20.1. The van der Waals surface area contributed by atoms with Gasteiger partial charge in [0.05, 0.1) is 31.4 Å². The molecule has 1 amide bonds. The Morgan fingerprint density at radius 2 is 2.14 bits per heavy atom. The van der Waals surface area contributed by atoms with Crippen molar-refractivity contribution in [3.8, 4) is 5.75 Å². The third-order valence-corrected chi connectivity index (χ3v) is 5.08. The van der Waals surface area contributed by atoms with Crippen molar-refractivity contribution < 1.29 is 13.9 Å². The SMILES string of the molecule is COc1ccc(C)cc1NC(=O)CSc1nnc(C(C)C)n1Cc1ccco1. The molecule has 28 heavy (non-hydrogen) atoms. The highest BCUT2D eigenvalue weighted by Gasteiger charge is 2.18. The maximum absolute atomic E-state index is 12.5. The maximum atomic E-state index is 12.5. The van der Waals surface area contributed by atoms with E-state index in [4.69, 9.17) is 9.15 Å². The number of thioether (sulfide) groups is 1. The van der Waals surface area contributed by atoms with Gasteiger partial charge in [0.1, 0.15) is 17.3 Å². The van der Waals surface area contributed by atoms with Crippen LogP contribution in [-0.2, 0) is 11.3 Å². The van der Waals surface area contributed by atoms with E-state index in [9.17, 15) is 4.79 Å². The predicted molar refractivity (Wildman–Crippen MR) is 109 cm³/mol. The second-order valence-corrected chi connectivity index (χ2v) is 7.64. The molecule has 0 aliphatic carbocycles. The second-order valence-electron chi connectivity index (χ2n) is 6.70. The molecule has 0 saturated heterocycles. The van der Waals surface area contributed by atoms with Crippen LogP contribution in [0.15, 0.2) is 46.2 Å². The fraction of sp³-hybridized carbons (Fsp3) is 0.350. The summed E-state index contributed by atoms with van der Waals surface area (Å²) in [6.45, 7) is 6.62. The first kappa shape index (κ1) is 20.0. The average molecular weight is 401 g/mol. The number of anilines is 1. The summed E-state index contributed by atoms with van der Waals surface area (Å²) in [6.07, 6.45) is 1.64. The summed E-state index contributed by atoms with van der Waals surface area (Å²) in [6, 6.07) is 9.43. The van der Waals surface area contributed by atoms with Crippen LogP contribution >= 0.6 is 11.8 Å². The van der Waals surface area contributed by atoms with Crippen LogP contribution in [0.1, 0.15) is 36.9 Å². The number of rotatable bonds is 8. The van der Waals surface area contributed by atoms with E-state index in [0.29, 0.717) is 23.1 Å². The molecule has 0 atom stereocenters. The van der Waals surface area contributed by atoms with Gasteiger partial charge in [-0.3, -0.25) is 9.36 Å². The predicted octanol–water partition coefficient (Wildman–Crippen LogP) is 4.09. The Balaban J connectivity index is 1.70. The number of hydrogen-bond acceptors (Lipinski definition) is 6. The van der Waals surface area contributed by atoms with Crippen LogP contribution in [0.3, 0.4) is 0 Å². The Morgan fingerprint density at radius 1 is 1.32 bits per heavy atom. The number of aryl methyl sites for hydroxylation is 1. The van der Waals surface area contributed by atoms with Gasteiger partial charge in [0, 0.05) is 5.92 Å². The smallest absolute Gasteiger partial charge is 0.234 e. The largest absolute Gasteiger partial charge is 0.495 e. The molecule has 0 aliphatic heterocycles. The van der Waals surface area contributed by atoms with Gasteiger partial charge in [0.15, 0.2) is 5.16 Å². The highest BCUT2D eigenvalue weighted by atomic mass is 32.2. The van der Waals surface area contributed by atoms with Gasteiger partial charge in [0.25, 0.3) is 0 Å². The van der Waals surface area contributed by atoms with Crippen LogP contribution in [0.25, 0.3) is 0 Å². The number of carbonyl (C=O) groups is 1. The molecule has 0 saturated carbocycles. The Hall–Kier alpha value is -2.74. The zero-order valence-corrected chi connectivity index (χ0v) is 17.2. The summed E-state index contributed by atoms with van der Waals surface area (Å²) < 4.78 is 12.8. The molecule has 0 spiro atoms. The minimum Gasteiger partial charge on any atom is -0.495 e. The fourth-order valence-corrected chi connectivity index (χ4v) is 3.52. The number of ether oxygens (including phenoxy) is 1. The highest BCUT2D eigenvalue weighted by molar-refractivity contribution is 7.99. The van der Waals surface area contributed by atoms with Crippen molar-refractivity contribution in [1.29, 1.82) is 0 Å². The van der Waals surface area contributed by atoms with E-state index >= 15 is 0 Å². The van der Waals surface area contributed by atoms with Crippen LogP contribution in [-0.4, -0.2) is 33.5 Å². The van der Waals surface area contributed by atoms with E-state index in [0.717, 1.165) is 17.1 Å². The third-order valence-electron chi connectivity index (χ3n) is 4.12. The van der Waals surface area contributed by atoms with Gasteiger partial charge in [0.2, 0.25) is 5.91 Å². The van der Waals surface area contributed by atoms with Crippen molar-refractivity contribution in [3.63, 3.8) is 0 Å². The number of nitrogens with one attached hydrogen (secondary N) is 1. The van der Waals surface area contributed by atoms with E-state index in [2.05, 4.69) is 29.4 Å². The number of methoxy groups -OCH3 is 1. The minimum absolute atomic E-state index is 0.132. The van der Waals surface area contributed by atoms with Crippen molar-refractivity contribution in [2.45, 2.75) is 38.4 Å². The number of amides is 1. The van der Waals surface area contributed by atoms with Gasteiger partial charge in [-0.15, -0.1) is 10.2 Å². The average Bonchev–Trinajstić information content (AvgIpc) is 3.30. The molecule has 2 aromatic heterocycles. The van der Waals surface area contributed by atoms with Crippen molar-refractivity contribution in [2.75, 3.05) is 18.2 Å². The van der Waals surface area contributed by atoms with E-state index < -0.39 is 0 Å². The minimum atomic E-state index is -0.132. The molecule has 1 N–H and O–H groups in total. The van der Waals surface area contributed by atoms with Crippen molar-refractivity contribution >= 4 is 23.4 Å². The third kappa shape index (κ3) is 4.75. The fourth-order valence-electron chi connectivity index (χ4n) is 2.78. The lowest BCUT2D eigenvalue weighted by molar-refractivity contribution is -0.113. The van der Waals surface area contributed by atoms with Gasteiger partial charge >= 0.3 is 0 Å². The van der Waals surface area contributed by atoms with Crippen LogP contribution in [0.5, 0.6) is 5.75 Å². The molecular weight excluding hydrogens is 376 g/mol. The second kappa shape index (κ2) is 8.97. The van der Waals surface area contributed by atoms with E-state index in [-0.39, 0.29) is 17.6 Å². The van der Waals surface area contributed by atoms with Gasteiger partial charge in [-0.2, -0.15) is 0 Å². The lowest BCUT2D eigenvalue weighted by Gasteiger charge is -2.12. The molecule has 8 heteroatoms. The van der Waals surface area contributed by atoms with Crippen molar-refractivity contribution in [2.24, 2.45) is 0 Å². The lowest BCUT2D eigenvalue weighted by Crippen LogP contribution is -2.16. The van der Waals surface area contributed by atoms with Crippen LogP contribution in [0, 0.1) is 6.92 Å². The lowest BCUT2D eigenvalue weighted by atomic mass is 10.2. The number of carbonyl (C=O) groups excluding carboxylic acids is 1. The van der Waals surface area contributed by atoms with Crippen LogP contribution in [0.2, 0.25) is 0 Å². The molecular formula is C20H24N4O3S. The maximum Gasteiger partial charge on any atom is 0.234 e. The molecule has 1 aromatic carbocycles. The number of benzene rings is 1. The molecule has 7 nitrogen and oxygen atoms in total. The normalized spacial score (nSPS) is 11.0. The van der Waals surface area contributed by atoms with Crippen molar-refractivity contribution in [3.05, 3.63) is 53.7 Å². The monoisotopic (exact) mass is 400 g/mol. The Morgan fingerprint density at radius 3 is 2.82 bits per heavy atom. The molecule has 3 aromatic rings. The number of nitrogens with zero attached hydrogens (tertiary/aromatic N) is 3. The summed E-state index contributed by atoms with van der Waals surface area (Å²) in [5.74, 6) is 2.60. The van der Waals surface area contributed by atoms with Crippen LogP contribution in [0.4, 0.5) is 5.69 Å². The topological polar surface area (TPSA) is 82.2 Å². The first-order valence-electron chi connectivity index (χ1n) is 9.00. The van der Waals surface area contributed by atoms with Crippen LogP contribution < -0.4 is 10.1 Å². The Kier molecular flexibility index (Phi) is 6.41. The Bertz CT molecular complexity index is 935. The molecule has 0 aliphatic rings. The summed E-state index contributed by atoms with van der Waals surface area (Å²) >= 11 is 1.35. The summed E-state index contributed by atoms with van der Waals surface area (Å²) in [5.41, 5.74) is 1.71. The van der Waals surface area contributed by atoms with E-state index in [1.54, 1.807) is 13.4 Å². The molecule has 0 unspecified atom stereocenters. The molecule has 0 radical (unpaired) electrons. The zero-order valence-electron chi connectivity index (χ0n) is 16.4. The molecule has 0 bridgehead atoms. The summed E-state index contributed by atoms with van der Waals surface area (Å²) in [4.78, 5) is 12.5. The molecule has 0 fully saturated rings. The number of aromatic nitrogens is 3. The molecule has 2 heterocycles. The molecule has 148 valence electrons. The Labute approximate surface area is 168 Å². The number of hydrogen-bond donors (Lipinski definition) is 1. The first-order valence-corrected chi connectivity index (χ1v) is 9.99. The van der Waals surface area contributed by atoms with Gasteiger partial charge in [-0.05, 0) is 36.8 Å². The standard InChI is InChI=1S/C20H24N4O3S/c1-13(2)19-22-23-20(24(19)11-15-6-5-9-27-15)28-12-18(25)21-16-10-14(3)7-8-17(16)26-4/h5-10,13H,11-12H2,1-4H3,(H,21,25). The van der Waals surface area contributed by atoms with E-state index in [1.165, 1.54) is 11.8 Å². The molecule has 3 rings (SSSR count). The number of furan rings is 1. The van der Waals surface area contributed by atoms with Crippen molar-refractivity contribution in [1.82, 2.24) is 14.8 Å². The van der Waals surface area contributed by atoms with E-state index in [1.807, 2.05) is 41.8 Å². The van der Waals surface area contributed by atoms with Gasteiger partial charge < -0.3 is 14.5 Å². The summed E-state index contributed by atoms with van der Waals surface area (Å²) in [7, 11) is 1.58. The van der Waals surface area contributed by atoms with Gasteiger partial charge in [-0.25, -0.2) is 0 Å².